The first kappa shape index (κ1) is 15.0. The average molecular weight is 310 g/mol. The zero-order chi connectivity index (χ0) is 16.2. The van der Waals surface area contributed by atoms with Crippen molar-refractivity contribution in [2.45, 2.75) is 20.3 Å². The molecule has 0 amide bonds. The number of hydrogen-bond donors (Lipinski definition) is 2. The molecule has 0 aliphatic rings. The Bertz CT molecular complexity index is 777. The Morgan fingerprint density at radius 3 is 2.61 bits per heavy atom. The molecule has 0 fully saturated rings. The predicted octanol–water partition coefficient (Wildman–Crippen LogP) is 3.11. The first-order valence-corrected chi connectivity index (χ1v) is 7.40. The standard InChI is InChI=1S/C17H18N4O2/c1-11-17(12(2)23-21-11)15-9-16(20-10-19-15)18-8-7-13-3-5-14(22)6-4-13/h3-6,9-10,22H,7-8H2,1-2H3,(H,18,19,20). The molecule has 3 aromatic rings. The lowest BCUT2D eigenvalue weighted by atomic mass is 10.1. The molecule has 0 radical (unpaired) electrons. The van der Waals surface area contributed by atoms with Crippen molar-refractivity contribution in [3.8, 4) is 17.0 Å². The van der Waals surface area contributed by atoms with Gasteiger partial charge < -0.3 is 14.9 Å². The first-order chi connectivity index (χ1) is 11.1. The number of phenolic OH excluding ortho intramolecular Hbond substituents is 1. The summed E-state index contributed by atoms with van der Waals surface area (Å²) in [5, 5.41) is 16.5. The van der Waals surface area contributed by atoms with Crippen LogP contribution in [0.25, 0.3) is 11.3 Å². The van der Waals surface area contributed by atoms with E-state index >= 15 is 0 Å². The van der Waals surface area contributed by atoms with E-state index in [1.54, 1.807) is 12.1 Å². The minimum absolute atomic E-state index is 0.279. The molecule has 118 valence electrons. The summed E-state index contributed by atoms with van der Waals surface area (Å²) in [6.45, 7) is 4.50. The van der Waals surface area contributed by atoms with Gasteiger partial charge in [-0.2, -0.15) is 0 Å². The summed E-state index contributed by atoms with van der Waals surface area (Å²) < 4.78 is 5.19. The zero-order valence-electron chi connectivity index (χ0n) is 13.1. The van der Waals surface area contributed by atoms with Crippen LogP contribution in [-0.2, 0) is 6.42 Å². The number of aryl methyl sites for hydroxylation is 2. The molecule has 0 aliphatic heterocycles. The van der Waals surface area contributed by atoms with Gasteiger partial charge >= 0.3 is 0 Å². The summed E-state index contributed by atoms with van der Waals surface area (Å²) >= 11 is 0. The molecule has 6 heteroatoms. The highest BCUT2D eigenvalue weighted by molar-refractivity contribution is 5.65. The highest BCUT2D eigenvalue weighted by atomic mass is 16.5. The second-order valence-corrected chi connectivity index (χ2v) is 5.33. The Balaban J connectivity index is 1.67. The van der Waals surface area contributed by atoms with Gasteiger partial charge in [-0.15, -0.1) is 0 Å². The molecule has 0 bridgehead atoms. The molecular weight excluding hydrogens is 292 g/mol. The van der Waals surface area contributed by atoms with Crippen molar-refractivity contribution in [1.29, 1.82) is 0 Å². The lowest BCUT2D eigenvalue weighted by Crippen LogP contribution is -2.06. The largest absolute Gasteiger partial charge is 0.508 e. The summed E-state index contributed by atoms with van der Waals surface area (Å²) in [5.74, 6) is 1.78. The Labute approximate surface area is 134 Å². The molecule has 0 saturated heterocycles. The quantitative estimate of drug-likeness (QED) is 0.753. The molecule has 0 unspecified atom stereocenters. The summed E-state index contributed by atoms with van der Waals surface area (Å²) in [6.07, 6.45) is 2.37. The number of nitrogens with one attached hydrogen (secondary N) is 1. The Kier molecular flexibility index (Phi) is 4.23. The number of nitrogens with zero attached hydrogens (tertiary/aromatic N) is 3. The van der Waals surface area contributed by atoms with E-state index in [4.69, 9.17) is 4.52 Å². The van der Waals surface area contributed by atoms with Crippen LogP contribution in [0.4, 0.5) is 5.82 Å². The van der Waals surface area contributed by atoms with E-state index in [0.29, 0.717) is 0 Å². The molecule has 1 aromatic carbocycles. The van der Waals surface area contributed by atoms with Crippen LogP contribution in [0.1, 0.15) is 17.0 Å². The van der Waals surface area contributed by atoms with Gasteiger partial charge in [0.2, 0.25) is 0 Å². The molecule has 0 spiro atoms. The second-order valence-electron chi connectivity index (χ2n) is 5.33. The van der Waals surface area contributed by atoms with Crippen LogP contribution in [0, 0.1) is 13.8 Å². The normalized spacial score (nSPS) is 10.7. The van der Waals surface area contributed by atoms with Crippen molar-refractivity contribution < 1.29 is 9.63 Å². The van der Waals surface area contributed by atoms with Crippen molar-refractivity contribution >= 4 is 5.82 Å². The fourth-order valence-electron chi connectivity index (χ4n) is 2.44. The summed E-state index contributed by atoms with van der Waals surface area (Å²) in [6, 6.07) is 9.09. The minimum Gasteiger partial charge on any atom is -0.508 e. The maximum atomic E-state index is 9.28. The first-order valence-electron chi connectivity index (χ1n) is 7.40. The highest BCUT2D eigenvalue weighted by Crippen LogP contribution is 2.25. The number of rotatable bonds is 5. The highest BCUT2D eigenvalue weighted by Gasteiger charge is 2.13. The molecule has 23 heavy (non-hydrogen) atoms. The fraction of sp³-hybridized carbons (Fsp3) is 0.235. The van der Waals surface area contributed by atoms with Crippen molar-refractivity contribution in [3.63, 3.8) is 0 Å². The predicted molar refractivity (Wildman–Crippen MR) is 87.3 cm³/mol. The molecule has 2 heterocycles. The van der Waals surface area contributed by atoms with Crippen molar-refractivity contribution in [2.24, 2.45) is 0 Å². The lowest BCUT2D eigenvalue weighted by molar-refractivity contribution is 0.393. The molecular formula is C17H18N4O2. The number of benzene rings is 1. The molecule has 0 aliphatic carbocycles. The van der Waals surface area contributed by atoms with Crippen LogP contribution in [-0.4, -0.2) is 26.8 Å². The van der Waals surface area contributed by atoms with Crippen LogP contribution in [0.3, 0.4) is 0 Å². The third kappa shape index (κ3) is 3.48. The van der Waals surface area contributed by atoms with E-state index in [0.717, 1.165) is 47.1 Å². The summed E-state index contributed by atoms with van der Waals surface area (Å²) in [4.78, 5) is 8.54. The summed E-state index contributed by atoms with van der Waals surface area (Å²) in [7, 11) is 0. The van der Waals surface area contributed by atoms with Crippen molar-refractivity contribution in [3.05, 3.63) is 53.7 Å². The van der Waals surface area contributed by atoms with Crippen molar-refractivity contribution in [1.82, 2.24) is 15.1 Å². The smallest absolute Gasteiger partial charge is 0.143 e. The second kappa shape index (κ2) is 6.48. The molecule has 0 atom stereocenters. The van der Waals surface area contributed by atoms with Gasteiger partial charge in [-0.3, -0.25) is 0 Å². The van der Waals surface area contributed by atoms with Gasteiger partial charge in [0.05, 0.1) is 17.0 Å². The number of aromatic hydroxyl groups is 1. The molecule has 3 rings (SSSR count). The Hall–Kier alpha value is -2.89. The van der Waals surface area contributed by atoms with Gasteiger partial charge in [0.15, 0.2) is 0 Å². The van der Waals surface area contributed by atoms with Gasteiger partial charge in [0.1, 0.15) is 23.7 Å². The number of phenols is 1. The summed E-state index contributed by atoms with van der Waals surface area (Å²) in [5.41, 5.74) is 3.67. The number of hydrogen-bond acceptors (Lipinski definition) is 6. The molecule has 0 saturated carbocycles. The molecule has 2 aromatic heterocycles. The third-order valence-electron chi connectivity index (χ3n) is 3.61. The van der Waals surface area contributed by atoms with Crippen LogP contribution in [0.15, 0.2) is 41.2 Å². The number of aromatic nitrogens is 3. The van der Waals surface area contributed by atoms with Gasteiger partial charge in [-0.05, 0) is 38.0 Å². The third-order valence-corrected chi connectivity index (χ3v) is 3.61. The van der Waals surface area contributed by atoms with Gasteiger partial charge in [0.25, 0.3) is 0 Å². The van der Waals surface area contributed by atoms with Gasteiger partial charge in [-0.1, -0.05) is 17.3 Å². The van der Waals surface area contributed by atoms with Crippen LogP contribution in [0.2, 0.25) is 0 Å². The zero-order valence-corrected chi connectivity index (χ0v) is 13.1. The van der Waals surface area contributed by atoms with Gasteiger partial charge in [-0.25, -0.2) is 9.97 Å². The van der Waals surface area contributed by atoms with E-state index in [1.165, 1.54) is 6.33 Å². The average Bonchev–Trinajstić information content (AvgIpc) is 2.88. The maximum Gasteiger partial charge on any atom is 0.143 e. The van der Waals surface area contributed by atoms with Crippen molar-refractivity contribution in [2.75, 3.05) is 11.9 Å². The minimum atomic E-state index is 0.279. The Morgan fingerprint density at radius 2 is 1.91 bits per heavy atom. The van der Waals surface area contributed by atoms with Crippen LogP contribution < -0.4 is 5.32 Å². The SMILES string of the molecule is Cc1noc(C)c1-c1cc(NCCc2ccc(O)cc2)ncn1. The lowest BCUT2D eigenvalue weighted by Gasteiger charge is -2.07. The maximum absolute atomic E-state index is 9.28. The molecule has 2 N–H and O–H groups in total. The molecule has 6 nitrogen and oxygen atoms in total. The van der Waals surface area contributed by atoms with E-state index in [9.17, 15) is 5.11 Å². The van der Waals surface area contributed by atoms with Crippen LogP contribution >= 0.6 is 0 Å². The number of anilines is 1. The van der Waals surface area contributed by atoms with Crippen LogP contribution in [0.5, 0.6) is 5.75 Å². The van der Waals surface area contributed by atoms with Gasteiger partial charge in [0, 0.05) is 12.6 Å². The van der Waals surface area contributed by atoms with E-state index in [2.05, 4.69) is 20.4 Å². The fourth-order valence-corrected chi connectivity index (χ4v) is 2.44. The van der Waals surface area contributed by atoms with E-state index < -0.39 is 0 Å². The monoisotopic (exact) mass is 310 g/mol. The van der Waals surface area contributed by atoms with E-state index in [-0.39, 0.29) is 5.75 Å². The van der Waals surface area contributed by atoms with E-state index in [1.807, 2.05) is 32.0 Å². The topological polar surface area (TPSA) is 84.1 Å². The Morgan fingerprint density at radius 1 is 1.13 bits per heavy atom.